The Morgan fingerprint density at radius 2 is 1.82 bits per heavy atom. The highest BCUT2D eigenvalue weighted by Gasteiger charge is 2.13. The molecule has 0 aliphatic rings. The van der Waals surface area contributed by atoms with Gasteiger partial charge in [-0.05, 0) is 52.7 Å². The molecule has 28 heavy (non-hydrogen) atoms. The van der Waals surface area contributed by atoms with Gasteiger partial charge in [0.1, 0.15) is 0 Å². The molecule has 3 aromatic rings. The van der Waals surface area contributed by atoms with Gasteiger partial charge >= 0.3 is 5.97 Å². The van der Waals surface area contributed by atoms with Crippen molar-refractivity contribution in [1.29, 1.82) is 0 Å². The predicted molar refractivity (Wildman–Crippen MR) is 106 cm³/mol. The number of amides is 1. The van der Waals surface area contributed by atoms with Crippen LogP contribution in [0.25, 0.3) is 11.4 Å². The van der Waals surface area contributed by atoms with Gasteiger partial charge in [-0.2, -0.15) is 4.80 Å². The van der Waals surface area contributed by atoms with E-state index in [4.69, 9.17) is 4.74 Å². The first-order valence-electron chi connectivity index (χ1n) is 8.47. The summed E-state index contributed by atoms with van der Waals surface area (Å²) in [4.78, 5) is 25.0. The maximum Gasteiger partial charge on any atom is 0.330 e. The first kappa shape index (κ1) is 19.7. The van der Waals surface area contributed by atoms with Crippen LogP contribution < -0.4 is 5.32 Å². The van der Waals surface area contributed by atoms with E-state index in [9.17, 15) is 9.59 Å². The molecule has 0 saturated carbocycles. The summed E-state index contributed by atoms with van der Waals surface area (Å²) in [7, 11) is 0. The zero-order valence-electron chi connectivity index (χ0n) is 15.3. The third-order valence-electron chi connectivity index (χ3n) is 3.80. The van der Waals surface area contributed by atoms with Crippen LogP contribution in [0.3, 0.4) is 0 Å². The van der Waals surface area contributed by atoms with E-state index < -0.39 is 18.5 Å². The topological polar surface area (TPSA) is 99.0 Å². The van der Waals surface area contributed by atoms with Crippen LogP contribution in [0.1, 0.15) is 11.1 Å². The molecule has 0 atom stereocenters. The molecule has 0 aliphatic carbocycles. The summed E-state index contributed by atoms with van der Waals surface area (Å²) in [6.07, 6.45) is 0. The lowest BCUT2D eigenvalue weighted by atomic mass is 10.1. The average Bonchev–Trinajstić information content (AvgIpc) is 3.11. The Morgan fingerprint density at radius 3 is 2.54 bits per heavy atom. The summed E-state index contributed by atoms with van der Waals surface area (Å²) in [6.45, 7) is 3.29. The highest BCUT2D eigenvalue weighted by atomic mass is 79.9. The molecular weight excluding hydrogens is 426 g/mol. The molecule has 1 heterocycles. The number of tetrazole rings is 1. The van der Waals surface area contributed by atoms with E-state index in [0.29, 0.717) is 11.5 Å². The van der Waals surface area contributed by atoms with Crippen molar-refractivity contribution in [1.82, 2.24) is 20.2 Å². The number of carbonyl (C=O) groups excluding carboxylic acids is 2. The number of anilines is 1. The molecule has 0 bridgehead atoms. The molecule has 1 aromatic heterocycles. The lowest BCUT2D eigenvalue weighted by molar-refractivity contribution is -0.148. The zero-order valence-corrected chi connectivity index (χ0v) is 16.9. The van der Waals surface area contributed by atoms with E-state index in [1.54, 1.807) is 6.07 Å². The van der Waals surface area contributed by atoms with Gasteiger partial charge in [-0.3, -0.25) is 4.79 Å². The van der Waals surface area contributed by atoms with Gasteiger partial charge in [-0.1, -0.05) is 35.9 Å². The summed E-state index contributed by atoms with van der Waals surface area (Å²) in [5.41, 5.74) is 3.58. The number of aryl methyl sites for hydroxylation is 2. The van der Waals surface area contributed by atoms with Gasteiger partial charge in [-0.15, -0.1) is 10.2 Å². The van der Waals surface area contributed by atoms with Gasteiger partial charge in [0.2, 0.25) is 5.82 Å². The average molecular weight is 444 g/mol. The van der Waals surface area contributed by atoms with Crippen molar-refractivity contribution in [3.8, 4) is 11.4 Å². The molecule has 144 valence electrons. The van der Waals surface area contributed by atoms with Crippen LogP contribution in [0, 0.1) is 13.8 Å². The fraction of sp³-hybridized carbons (Fsp3) is 0.211. The minimum atomic E-state index is -0.633. The molecule has 3 rings (SSSR count). The van der Waals surface area contributed by atoms with Gasteiger partial charge in [-0.25, -0.2) is 4.79 Å². The normalized spacial score (nSPS) is 10.5. The lowest BCUT2D eigenvalue weighted by Crippen LogP contribution is -2.23. The molecule has 2 aromatic carbocycles. The van der Waals surface area contributed by atoms with Gasteiger partial charge in [0.05, 0.1) is 5.69 Å². The van der Waals surface area contributed by atoms with Crippen molar-refractivity contribution < 1.29 is 14.3 Å². The molecule has 9 heteroatoms. The number of ether oxygens (including phenoxy) is 1. The highest BCUT2D eigenvalue weighted by molar-refractivity contribution is 9.10. The molecule has 0 radical (unpaired) electrons. The van der Waals surface area contributed by atoms with Crippen molar-refractivity contribution >= 4 is 33.5 Å². The molecular formula is C19H18BrN5O3. The number of nitrogens with zero attached hydrogens (tertiary/aromatic N) is 4. The van der Waals surface area contributed by atoms with Gasteiger partial charge in [0, 0.05) is 10.0 Å². The number of nitrogens with one attached hydrogen (secondary N) is 1. The standard InChI is InChI=1S/C19H18BrN5O3/c1-12-3-6-14(7-4-12)19-22-24-25(23-19)10-18(27)28-11-17(26)21-16-8-5-13(2)9-15(16)20/h3-9H,10-11H2,1-2H3,(H,21,26). The summed E-state index contributed by atoms with van der Waals surface area (Å²) < 4.78 is 5.73. The van der Waals surface area contributed by atoms with Crippen LogP contribution in [0.15, 0.2) is 46.9 Å². The Balaban J connectivity index is 1.50. The number of aromatic nitrogens is 4. The van der Waals surface area contributed by atoms with E-state index in [2.05, 4.69) is 36.7 Å². The van der Waals surface area contributed by atoms with Crippen molar-refractivity contribution in [2.75, 3.05) is 11.9 Å². The number of hydrogen-bond acceptors (Lipinski definition) is 6. The van der Waals surface area contributed by atoms with E-state index in [1.807, 2.05) is 50.2 Å². The second-order valence-corrected chi connectivity index (χ2v) is 7.06. The first-order chi connectivity index (χ1) is 13.4. The largest absolute Gasteiger partial charge is 0.454 e. The fourth-order valence-corrected chi connectivity index (χ4v) is 2.94. The van der Waals surface area contributed by atoms with Crippen molar-refractivity contribution in [2.24, 2.45) is 0 Å². The number of benzene rings is 2. The third kappa shape index (κ3) is 5.23. The van der Waals surface area contributed by atoms with Crippen LogP contribution in [0.4, 0.5) is 5.69 Å². The first-order valence-corrected chi connectivity index (χ1v) is 9.26. The van der Waals surface area contributed by atoms with Gasteiger partial charge < -0.3 is 10.1 Å². The van der Waals surface area contributed by atoms with E-state index >= 15 is 0 Å². The van der Waals surface area contributed by atoms with Gasteiger partial charge in [0.25, 0.3) is 5.91 Å². The SMILES string of the molecule is Cc1ccc(-c2nnn(CC(=O)OCC(=O)Nc3ccc(C)cc3Br)n2)cc1. The van der Waals surface area contributed by atoms with Crippen LogP contribution >= 0.6 is 15.9 Å². The maximum atomic E-state index is 12.0. The second-order valence-electron chi connectivity index (χ2n) is 6.20. The molecule has 0 spiro atoms. The van der Waals surface area contributed by atoms with E-state index in [-0.39, 0.29) is 6.54 Å². The molecule has 0 unspecified atom stereocenters. The minimum Gasteiger partial charge on any atom is -0.454 e. The maximum absolute atomic E-state index is 12.0. The molecule has 1 N–H and O–H groups in total. The van der Waals surface area contributed by atoms with Crippen LogP contribution in [-0.2, 0) is 20.9 Å². The number of rotatable bonds is 6. The van der Waals surface area contributed by atoms with Crippen molar-refractivity contribution in [3.63, 3.8) is 0 Å². The quantitative estimate of drug-likeness (QED) is 0.587. The lowest BCUT2D eigenvalue weighted by Gasteiger charge is -2.08. The molecule has 1 amide bonds. The monoisotopic (exact) mass is 443 g/mol. The van der Waals surface area contributed by atoms with Crippen molar-refractivity contribution in [3.05, 3.63) is 58.1 Å². The van der Waals surface area contributed by atoms with Crippen LogP contribution in [0.5, 0.6) is 0 Å². The Bertz CT molecular complexity index is 1000. The van der Waals surface area contributed by atoms with Crippen LogP contribution in [-0.4, -0.2) is 38.7 Å². The zero-order chi connectivity index (χ0) is 20.1. The number of halogens is 1. The molecule has 0 saturated heterocycles. The Kier molecular flexibility index (Phi) is 6.15. The highest BCUT2D eigenvalue weighted by Crippen LogP contribution is 2.23. The fourth-order valence-electron chi connectivity index (χ4n) is 2.34. The number of esters is 1. The summed E-state index contributed by atoms with van der Waals surface area (Å²) in [6, 6.07) is 13.2. The van der Waals surface area contributed by atoms with Crippen LogP contribution in [0.2, 0.25) is 0 Å². The van der Waals surface area contributed by atoms with E-state index in [1.165, 1.54) is 0 Å². The van der Waals surface area contributed by atoms with Gasteiger partial charge in [0.15, 0.2) is 13.2 Å². The smallest absolute Gasteiger partial charge is 0.330 e. The Hall–Kier alpha value is -3.07. The summed E-state index contributed by atoms with van der Waals surface area (Å²) in [5.74, 6) is -0.662. The predicted octanol–water partition coefficient (Wildman–Crippen LogP) is 2.90. The molecule has 0 fully saturated rings. The number of carbonyl (C=O) groups is 2. The molecule has 0 aliphatic heterocycles. The minimum absolute atomic E-state index is 0.236. The second kappa shape index (κ2) is 8.75. The summed E-state index contributed by atoms with van der Waals surface area (Å²) in [5, 5.41) is 14.6. The molecule has 8 nitrogen and oxygen atoms in total. The Labute approximate surface area is 170 Å². The Morgan fingerprint density at radius 1 is 1.11 bits per heavy atom. The van der Waals surface area contributed by atoms with E-state index in [0.717, 1.165) is 26.0 Å². The van der Waals surface area contributed by atoms with Crippen molar-refractivity contribution in [2.45, 2.75) is 20.4 Å². The summed E-state index contributed by atoms with van der Waals surface area (Å²) >= 11 is 3.38. The third-order valence-corrected chi connectivity index (χ3v) is 4.45. The number of hydrogen-bond donors (Lipinski definition) is 1.